The van der Waals surface area contributed by atoms with Gasteiger partial charge in [-0.1, -0.05) is 50.2 Å². The van der Waals surface area contributed by atoms with Crippen molar-refractivity contribution in [2.45, 2.75) is 57.5 Å². The van der Waals surface area contributed by atoms with E-state index in [1.54, 1.807) is 0 Å². The molecule has 1 aliphatic heterocycles. The van der Waals surface area contributed by atoms with E-state index < -0.39 is 11.6 Å². The Morgan fingerprint density at radius 1 is 1.27 bits per heavy atom. The first-order valence-electron chi connectivity index (χ1n) is 8.87. The minimum atomic E-state index is -0.973. The fourth-order valence-electron chi connectivity index (χ4n) is 3.71. The van der Waals surface area contributed by atoms with Crippen molar-refractivity contribution in [1.82, 2.24) is 20.4 Å². The molecule has 7 heteroatoms. The molecule has 2 aliphatic rings. The average Bonchev–Trinajstić information content (AvgIpc) is 3.16. The number of benzene rings is 1. The molecule has 1 saturated heterocycles. The number of hydrogen-bond donors (Lipinski definition) is 1. The summed E-state index contributed by atoms with van der Waals surface area (Å²) in [7, 11) is 0. The number of imide groups is 1. The van der Waals surface area contributed by atoms with Crippen molar-refractivity contribution >= 4 is 11.9 Å². The van der Waals surface area contributed by atoms with Gasteiger partial charge in [-0.25, -0.2) is 4.79 Å². The summed E-state index contributed by atoms with van der Waals surface area (Å²) in [6.07, 6.45) is 2.37. The van der Waals surface area contributed by atoms with Gasteiger partial charge in [0, 0.05) is 5.41 Å². The molecular formula is C19H22N4O3. The SMILES string of the molecule is CC(C)(C)c1noc(CN2C(=O)N[C@]3(CCCc4ccccc43)C2=O)n1. The van der Waals surface area contributed by atoms with Crippen LogP contribution in [0.2, 0.25) is 0 Å². The highest BCUT2D eigenvalue weighted by Crippen LogP contribution is 2.40. The molecule has 1 aromatic carbocycles. The van der Waals surface area contributed by atoms with Gasteiger partial charge < -0.3 is 9.84 Å². The summed E-state index contributed by atoms with van der Waals surface area (Å²) in [5.41, 5.74) is 0.775. The first kappa shape index (κ1) is 16.8. The summed E-state index contributed by atoms with van der Waals surface area (Å²) in [6.45, 7) is 5.91. The molecule has 1 fully saturated rings. The molecule has 4 rings (SSSR count). The Morgan fingerprint density at radius 2 is 2.04 bits per heavy atom. The molecule has 0 radical (unpaired) electrons. The number of fused-ring (bicyclic) bond motifs is 2. The van der Waals surface area contributed by atoms with Gasteiger partial charge in [0.1, 0.15) is 12.1 Å². The Balaban J connectivity index is 1.64. The molecule has 136 valence electrons. The smallest absolute Gasteiger partial charge is 0.325 e. The van der Waals surface area contributed by atoms with Gasteiger partial charge in [0.2, 0.25) is 5.89 Å². The van der Waals surface area contributed by atoms with Crippen LogP contribution in [-0.2, 0) is 28.7 Å². The predicted octanol–water partition coefficient (Wildman–Crippen LogP) is 2.65. The van der Waals surface area contributed by atoms with Crippen LogP contribution in [0.15, 0.2) is 28.8 Å². The fraction of sp³-hybridized carbons (Fsp3) is 0.474. The van der Waals surface area contributed by atoms with Crippen molar-refractivity contribution in [2.24, 2.45) is 0 Å². The van der Waals surface area contributed by atoms with Gasteiger partial charge in [-0.05, 0) is 30.4 Å². The van der Waals surface area contributed by atoms with Crippen LogP contribution in [0.3, 0.4) is 0 Å². The Bertz CT molecular complexity index is 883. The Kier molecular flexibility index (Phi) is 3.64. The summed E-state index contributed by atoms with van der Waals surface area (Å²) >= 11 is 0. The highest BCUT2D eigenvalue weighted by atomic mass is 16.5. The second kappa shape index (κ2) is 5.65. The van der Waals surface area contributed by atoms with E-state index in [1.807, 2.05) is 45.0 Å². The molecule has 3 amide bonds. The summed E-state index contributed by atoms with van der Waals surface area (Å²) in [6, 6.07) is 7.40. The third-order valence-electron chi connectivity index (χ3n) is 5.08. The number of aromatic nitrogens is 2. The molecule has 2 aromatic rings. The van der Waals surface area contributed by atoms with E-state index in [0.29, 0.717) is 12.2 Å². The Hall–Kier alpha value is -2.70. The quantitative estimate of drug-likeness (QED) is 0.838. The molecule has 2 heterocycles. The van der Waals surface area contributed by atoms with Gasteiger partial charge in [0.15, 0.2) is 5.82 Å². The van der Waals surface area contributed by atoms with Crippen molar-refractivity contribution in [3.63, 3.8) is 0 Å². The maximum absolute atomic E-state index is 13.2. The highest BCUT2D eigenvalue weighted by Gasteiger charge is 2.54. The lowest BCUT2D eigenvalue weighted by atomic mass is 9.76. The summed E-state index contributed by atoms with van der Waals surface area (Å²) in [5, 5.41) is 6.89. The summed E-state index contributed by atoms with van der Waals surface area (Å²) < 4.78 is 5.26. The molecule has 1 aromatic heterocycles. The van der Waals surface area contributed by atoms with Crippen LogP contribution in [0.4, 0.5) is 4.79 Å². The number of amides is 3. The van der Waals surface area contributed by atoms with Crippen LogP contribution in [0.1, 0.15) is 56.5 Å². The molecule has 0 bridgehead atoms. The molecule has 7 nitrogen and oxygen atoms in total. The fourth-order valence-corrected chi connectivity index (χ4v) is 3.71. The second-order valence-corrected chi connectivity index (χ2v) is 8.00. The van der Waals surface area contributed by atoms with E-state index in [-0.39, 0.29) is 23.8 Å². The number of urea groups is 1. The summed E-state index contributed by atoms with van der Waals surface area (Å²) in [4.78, 5) is 31.3. The maximum Gasteiger partial charge on any atom is 0.325 e. The minimum Gasteiger partial charge on any atom is -0.337 e. The van der Waals surface area contributed by atoms with Gasteiger partial charge in [-0.2, -0.15) is 4.98 Å². The molecule has 1 atom stereocenters. The lowest BCUT2D eigenvalue weighted by Gasteiger charge is -2.33. The van der Waals surface area contributed by atoms with Crippen LogP contribution < -0.4 is 5.32 Å². The number of nitrogens with one attached hydrogen (secondary N) is 1. The standard InChI is InChI=1S/C19H22N4O3/c1-18(2,3)15-20-14(26-22-15)11-23-16(24)19(21-17(23)25)10-6-8-12-7-4-5-9-13(12)19/h4-5,7,9H,6,8,10-11H2,1-3H3,(H,21,25)/t19-/m0/s1. The lowest BCUT2D eigenvalue weighted by Crippen LogP contribution is -2.46. The van der Waals surface area contributed by atoms with Crippen LogP contribution >= 0.6 is 0 Å². The molecule has 0 unspecified atom stereocenters. The van der Waals surface area contributed by atoms with E-state index in [2.05, 4.69) is 15.5 Å². The van der Waals surface area contributed by atoms with E-state index >= 15 is 0 Å². The molecular weight excluding hydrogens is 332 g/mol. The molecule has 1 aliphatic carbocycles. The number of carbonyl (C=O) groups excluding carboxylic acids is 2. The maximum atomic E-state index is 13.2. The number of aryl methyl sites for hydroxylation is 1. The zero-order valence-corrected chi connectivity index (χ0v) is 15.2. The minimum absolute atomic E-state index is 0.0162. The third kappa shape index (κ3) is 2.50. The van der Waals surface area contributed by atoms with Crippen LogP contribution in [-0.4, -0.2) is 27.0 Å². The molecule has 1 spiro atoms. The Morgan fingerprint density at radius 3 is 2.77 bits per heavy atom. The van der Waals surface area contributed by atoms with E-state index in [9.17, 15) is 9.59 Å². The monoisotopic (exact) mass is 354 g/mol. The predicted molar refractivity (Wildman–Crippen MR) is 93.1 cm³/mol. The zero-order chi connectivity index (χ0) is 18.5. The summed E-state index contributed by atoms with van der Waals surface area (Å²) in [5.74, 6) is 0.571. The highest BCUT2D eigenvalue weighted by molar-refractivity contribution is 6.07. The molecule has 26 heavy (non-hydrogen) atoms. The average molecular weight is 354 g/mol. The zero-order valence-electron chi connectivity index (χ0n) is 15.2. The van der Waals surface area contributed by atoms with E-state index in [0.717, 1.165) is 24.0 Å². The van der Waals surface area contributed by atoms with Crippen LogP contribution in [0.25, 0.3) is 0 Å². The second-order valence-electron chi connectivity index (χ2n) is 8.00. The van der Waals surface area contributed by atoms with Gasteiger partial charge >= 0.3 is 6.03 Å². The number of nitrogens with zero attached hydrogens (tertiary/aromatic N) is 3. The van der Waals surface area contributed by atoms with Crippen molar-refractivity contribution in [3.8, 4) is 0 Å². The topological polar surface area (TPSA) is 88.3 Å². The first-order chi connectivity index (χ1) is 12.3. The van der Waals surface area contributed by atoms with Crippen molar-refractivity contribution in [3.05, 3.63) is 47.1 Å². The molecule has 1 N–H and O–H groups in total. The van der Waals surface area contributed by atoms with Gasteiger partial charge in [0.25, 0.3) is 5.91 Å². The number of hydrogen-bond acceptors (Lipinski definition) is 5. The van der Waals surface area contributed by atoms with Crippen molar-refractivity contribution in [2.75, 3.05) is 0 Å². The van der Waals surface area contributed by atoms with Crippen LogP contribution in [0, 0.1) is 0 Å². The molecule has 0 saturated carbocycles. The third-order valence-corrected chi connectivity index (χ3v) is 5.08. The normalized spacial score (nSPS) is 22.7. The first-order valence-corrected chi connectivity index (χ1v) is 8.87. The van der Waals surface area contributed by atoms with E-state index in [1.165, 1.54) is 4.90 Å². The lowest BCUT2D eigenvalue weighted by molar-refractivity contribution is -0.132. The van der Waals surface area contributed by atoms with Crippen molar-refractivity contribution < 1.29 is 14.1 Å². The van der Waals surface area contributed by atoms with Gasteiger partial charge in [-0.15, -0.1) is 0 Å². The largest absolute Gasteiger partial charge is 0.337 e. The van der Waals surface area contributed by atoms with Gasteiger partial charge in [0.05, 0.1) is 0 Å². The number of carbonyl (C=O) groups is 2. The Labute approximate surface area is 151 Å². The number of rotatable bonds is 2. The van der Waals surface area contributed by atoms with Crippen molar-refractivity contribution in [1.29, 1.82) is 0 Å². The van der Waals surface area contributed by atoms with Gasteiger partial charge in [-0.3, -0.25) is 9.69 Å². The van der Waals surface area contributed by atoms with E-state index in [4.69, 9.17) is 4.52 Å². The van der Waals surface area contributed by atoms with Crippen LogP contribution in [0.5, 0.6) is 0 Å².